The molecule has 19 heavy (non-hydrogen) atoms. The van der Waals surface area contributed by atoms with Crippen LogP contribution in [0.4, 0.5) is 4.79 Å². The quantitative estimate of drug-likeness (QED) is 0.578. The number of hydrogen-bond donors (Lipinski definition) is 2. The molecule has 0 aromatic carbocycles. The first kappa shape index (κ1) is 15.2. The minimum absolute atomic E-state index is 0.0653. The number of carbonyl (C=O) groups is 3. The van der Waals surface area contributed by atoms with Crippen molar-refractivity contribution in [3.63, 3.8) is 0 Å². The van der Waals surface area contributed by atoms with E-state index in [1.54, 1.807) is 13.8 Å². The Labute approximate surface area is 112 Å². The number of imide groups is 1. The van der Waals surface area contributed by atoms with E-state index in [1.807, 2.05) is 12.2 Å². The molecule has 0 saturated carbocycles. The molecule has 0 saturated heterocycles. The lowest BCUT2D eigenvalue weighted by molar-refractivity contribution is -0.148. The van der Waals surface area contributed by atoms with Crippen molar-refractivity contribution in [3.05, 3.63) is 12.2 Å². The van der Waals surface area contributed by atoms with Crippen LogP contribution in [-0.2, 0) is 14.3 Å². The molecule has 0 fully saturated rings. The fourth-order valence-electron chi connectivity index (χ4n) is 1.75. The van der Waals surface area contributed by atoms with Crippen LogP contribution in [0.1, 0.15) is 33.1 Å². The molecule has 1 atom stereocenters. The Morgan fingerprint density at radius 2 is 2.11 bits per heavy atom. The zero-order valence-corrected chi connectivity index (χ0v) is 11.3. The first-order chi connectivity index (χ1) is 8.97. The number of hydrogen-bond acceptors (Lipinski definition) is 4. The molecule has 6 heteroatoms. The van der Waals surface area contributed by atoms with Gasteiger partial charge in [-0.2, -0.15) is 0 Å². The highest BCUT2D eigenvalue weighted by Gasteiger charge is 2.16. The van der Waals surface area contributed by atoms with E-state index in [0.29, 0.717) is 0 Å². The van der Waals surface area contributed by atoms with Gasteiger partial charge in [-0.05, 0) is 32.6 Å². The van der Waals surface area contributed by atoms with Gasteiger partial charge < -0.3 is 10.1 Å². The van der Waals surface area contributed by atoms with Gasteiger partial charge in [0.05, 0.1) is 6.42 Å². The topological polar surface area (TPSA) is 84.5 Å². The maximum atomic E-state index is 11.4. The van der Waals surface area contributed by atoms with E-state index >= 15 is 0 Å². The summed E-state index contributed by atoms with van der Waals surface area (Å²) < 4.78 is 4.81. The molecule has 1 aliphatic rings. The Bertz CT molecular complexity index is 377. The number of rotatable bonds is 5. The number of allylic oxidation sites excluding steroid dienone is 2. The van der Waals surface area contributed by atoms with E-state index in [0.717, 1.165) is 12.8 Å². The fraction of sp³-hybridized carbons (Fsp3) is 0.615. The van der Waals surface area contributed by atoms with Crippen molar-refractivity contribution in [1.82, 2.24) is 10.6 Å². The number of urea groups is 1. The second-order valence-corrected chi connectivity index (χ2v) is 4.81. The molecule has 1 rings (SSSR count). The Morgan fingerprint density at radius 3 is 2.68 bits per heavy atom. The third-order valence-electron chi connectivity index (χ3n) is 2.58. The average molecular weight is 268 g/mol. The van der Waals surface area contributed by atoms with Gasteiger partial charge in [-0.3, -0.25) is 14.9 Å². The van der Waals surface area contributed by atoms with Gasteiger partial charge in [0, 0.05) is 6.04 Å². The monoisotopic (exact) mass is 268 g/mol. The maximum absolute atomic E-state index is 11.4. The number of carbonyl (C=O) groups excluding carboxylic acids is 3. The molecule has 0 aliphatic heterocycles. The molecule has 106 valence electrons. The summed E-state index contributed by atoms with van der Waals surface area (Å²) in [5, 5.41) is 4.58. The molecule has 0 unspecified atom stereocenters. The van der Waals surface area contributed by atoms with Crippen LogP contribution in [-0.4, -0.2) is 30.6 Å². The Balaban J connectivity index is 2.16. The summed E-state index contributed by atoms with van der Waals surface area (Å²) in [6.07, 6.45) is 6.21. The van der Waals surface area contributed by atoms with Gasteiger partial charge in [-0.15, -0.1) is 0 Å². The summed E-state index contributed by atoms with van der Waals surface area (Å²) in [5.41, 5.74) is 0. The van der Waals surface area contributed by atoms with Gasteiger partial charge >= 0.3 is 12.0 Å². The van der Waals surface area contributed by atoms with Crippen molar-refractivity contribution in [1.29, 1.82) is 0 Å². The van der Waals surface area contributed by atoms with Crippen LogP contribution >= 0.6 is 0 Å². The molecular formula is C13H20N2O4. The molecule has 2 N–H and O–H groups in total. The van der Waals surface area contributed by atoms with Gasteiger partial charge in [0.2, 0.25) is 0 Å². The Morgan fingerprint density at radius 1 is 1.37 bits per heavy atom. The predicted octanol–water partition coefficient (Wildman–Crippen LogP) is 1.12. The average Bonchev–Trinajstić information content (AvgIpc) is 2.77. The number of nitrogens with one attached hydrogen (secondary N) is 2. The standard InChI is InChI=1S/C13H20N2O4/c1-9(2)14-13(18)15-11(16)8-19-12(17)7-10-5-3-4-6-10/h3,5,9-10H,4,6-8H2,1-2H3,(H2,14,15,16,18)/t10-/m1/s1. The van der Waals surface area contributed by atoms with E-state index < -0.39 is 24.5 Å². The van der Waals surface area contributed by atoms with Gasteiger partial charge in [-0.25, -0.2) is 4.79 Å². The van der Waals surface area contributed by atoms with E-state index in [9.17, 15) is 14.4 Å². The second kappa shape index (κ2) is 7.56. The zero-order valence-electron chi connectivity index (χ0n) is 11.3. The summed E-state index contributed by atoms with van der Waals surface area (Å²) in [4.78, 5) is 33.9. The van der Waals surface area contributed by atoms with Crippen LogP contribution < -0.4 is 10.6 Å². The lowest BCUT2D eigenvalue weighted by Gasteiger charge is -2.10. The van der Waals surface area contributed by atoms with Crippen LogP contribution in [0.5, 0.6) is 0 Å². The van der Waals surface area contributed by atoms with Gasteiger partial charge in [0.1, 0.15) is 0 Å². The Kier molecular flexibility index (Phi) is 6.05. The summed E-state index contributed by atoms with van der Waals surface area (Å²) in [6.45, 7) is 3.12. The smallest absolute Gasteiger partial charge is 0.321 e. The van der Waals surface area contributed by atoms with Crippen molar-refractivity contribution < 1.29 is 19.1 Å². The predicted molar refractivity (Wildman–Crippen MR) is 69.3 cm³/mol. The molecule has 0 radical (unpaired) electrons. The minimum atomic E-state index is -0.631. The normalized spacial score (nSPS) is 17.3. The first-order valence-corrected chi connectivity index (χ1v) is 6.40. The lowest BCUT2D eigenvalue weighted by atomic mass is 10.1. The van der Waals surface area contributed by atoms with Gasteiger partial charge in [-0.1, -0.05) is 12.2 Å². The van der Waals surface area contributed by atoms with E-state index in [-0.39, 0.29) is 18.4 Å². The largest absolute Gasteiger partial charge is 0.456 e. The third kappa shape index (κ3) is 6.59. The van der Waals surface area contributed by atoms with Crippen LogP contribution in [0.25, 0.3) is 0 Å². The molecule has 0 heterocycles. The fourth-order valence-corrected chi connectivity index (χ4v) is 1.75. The number of amides is 3. The molecule has 6 nitrogen and oxygen atoms in total. The molecule has 0 spiro atoms. The molecule has 0 bridgehead atoms. The highest BCUT2D eigenvalue weighted by molar-refractivity contribution is 5.95. The summed E-state index contributed by atoms with van der Waals surface area (Å²) in [5.74, 6) is -0.843. The van der Waals surface area contributed by atoms with E-state index in [1.165, 1.54) is 0 Å². The Hall–Kier alpha value is -1.85. The van der Waals surface area contributed by atoms with Gasteiger partial charge in [0.15, 0.2) is 6.61 Å². The van der Waals surface area contributed by atoms with Crippen LogP contribution in [0.2, 0.25) is 0 Å². The van der Waals surface area contributed by atoms with Crippen LogP contribution in [0, 0.1) is 5.92 Å². The lowest BCUT2D eigenvalue weighted by Crippen LogP contribution is -2.44. The van der Waals surface area contributed by atoms with Crippen molar-refractivity contribution >= 4 is 17.9 Å². The van der Waals surface area contributed by atoms with E-state index in [2.05, 4.69) is 10.6 Å². The highest BCUT2D eigenvalue weighted by Crippen LogP contribution is 2.20. The summed E-state index contributed by atoms with van der Waals surface area (Å²) >= 11 is 0. The molecule has 1 aliphatic carbocycles. The zero-order chi connectivity index (χ0) is 14.3. The summed E-state index contributed by atoms with van der Waals surface area (Å²) in [6, 6.07) is -0.653. The van der Waals surface area contributed by atoms with Crippen LogP contribution in [0.15, 0.2) is 12.2 Å². The summed E-state index contributed by atoms with van der Waals surface area (Å²) in [7, 11) is 0. The van der Waals surface area contributed by atoms with Crippen molar-refractivity contribution in [2.24, 2.45) is 5.92 Å². The highest BCUT2D eigenvalue weighted by atomic mass is 16.5. The number of esters is 1. The number of ether oxygens (including phenoxy) is 1. The van der Waals surface area contributed by atoms with Crippen LogP contribution in [0.3, 0.4) is 0 Å². The van der Waals surface area contributed by atoms with Crippen molar-refractivity contribution in [2.45, 2.75) is 39.2 Å². The van der Waals surface area contributed by atoms with E-state index in [4.69, 9.17) is 4.74 Å². The van der Waals surface area contributed by atoms with Crippen molar-refractivity contribution in [2.75, 3.05) is 6.61 Å². The maximum Gasteiger partial charge on any atom is 0.321 e. The minimum Gasteiger partial charge on any atom is -0.456 e. The molecule has 0 aromatic rings. The second-order valence-electron chi connectivity index (χ2n) is 4.81. The van der Waals surface area contributed by atoms with Gasteiger partial charge in [0.25, 0.3) is 5.91 Å². The molecular weight excluding hydrogens is 248 g/mol. The third-order valence-corrected chi connectivity index (χ3v) is 2.58. The first-order valence-electron chi connectivity index (χ1n) is 6.40. The molecule has 0 aromatic heterocycles. The van der Waals surface area contributed by atoms with Crippen molar-refractivity contribution in [3.8, 4) is 0 Å². The molecule has 3 amide bonds. The SMILES string of the molecule is CC(C)NC(=O)NC(=O)COC(=O)C[C@@H]1C=CCC1.